The summed E-state index contributed by atoms with van der Waals surface area (Å²) in [4.78, 5) is 12.5. The molecule has 1 amide bonds. The predicted octanol–water partition coefficient (Wildman–Crippen LogP) is 4.77. The summed E-state index contributed by atoms with van der Waals surface area (Å²) in [6, 6.07) is 18.4. The number of hydrogen-bond donors (Lipinski definition) is 1. The Morgan fingerprint density at radius 1 is 0.967 bits per heavy atom. The first-order chi connectivity index (χ1) is 14.5. The van der Waals surface area contributed by atoms with Crippen molar-refractivity contribution in [2.75, 3.05) is 0 Å². The van der Waals surface area contributed by atoms with Crippen LogP contribution in [-0.4, -0.2) is 18.7 Å². The van der Waals surface area contributed by atoms with Crippen LogP contribution in [0.3, 0.4) is 0 Å². The fourth-order valence-electron chi connectivity index (χ4n) is 2.53. The van der Waals surface area contributed by atoms with Crippen molar-refractivity contribution in [1.29, 1.82) is 0 Å². The molecule has 0 saturated carbocycles. The highest BCUT2D eigenvalue weighted by Gasteiger charge is 2.12. The molecule has 0 bridgehead atoms. The first kappa shape index (κ1) is 20.9. The monoisotopic (exact) mass is 414 g/mol. The molecule has 3 rings (SSSR count). The van der Waals surface area contributed by atoms with Crippen molar-refractivity contribution >= 4 is 12.1 Å². The quantitative estimate of drug-likeness (QED) is 0.427. The van der Waals surface area contributed by atoms with Gasteiger partial charge in [-0.25, -0.2) is 9.82 Å². The molecule has 1 N–H and O–H groups in total. The van der Waals surface area contributed by atoms with Crippen LogP contribution >= 0.6 is 0 Å². The number of rotatable bonds is 8. The lowest BCUT2D eigenvalue weighted by Crippen LogP contribution is -2.18. The lowest BCUT2D eigenvalue weighted by molar-refractivity contribution is -0.0499. The van der Waals surface area contributed by atoms with Crippen LogP contribution in [0.25, 0.3) is 0 Å². The molecule has 5 nitrogen and oxygen atoms in total. The minimum atomic E-state index is -2.97. The van der Waals surface area contributed by atoms with Crippen molar-refractivity contribution < 1.29 is 27.4 Å². The molecule has 0 aliphatic heterocycles. The molecule has 154 valence electrons. The Bertz CT molecular complexity index is 1020. The van der Waals surface area contributed by atoms with Crippen molar-refractivity contribution in [3.05, 3.63) is 95.3 Å². The van der Waals surface area contributed by atoms with Crippen molar-refractivity contribution in [3.8, 4) is 11.5 Å². The molecule has 8 heteroatoms. The molecule has 0 aliphatic carbocycles. The first-order valence-corrected chi connectivity index (χ1v) is 8.86. The number of carbonyl (C=O) groups is 1. The summed E-state index contributed by atoms with van der Waals surface area (Å²) in [5.74, 6) is -0.644. The first-order valence-electron chi connectivity index (χ1n) is 8.86. The number of amides is 1. The number of ether oxygens (including phenoxy) is 2. The molecule has 0 fully saturated rings. The van der Waals surface area contributed by atoms with Crippen LogP contribution in [0.2, 0.25) is 0 Å². The van der Waals surface area contributed by atoms with Gasteiger partial charge < -0.3 is 9.47 Å². The van der Waals surface area contributed by atoms with Crippen LogP contribution in [-0.2, 0) is 6.61 Å². The van der Waals surface area contributed by atoms with Gasteiger partial charge in [0.15, 0.2) is 0 Å². The Balaban J connectivity index is 1.66. The molecule has 3 aromatic carbocycles. The summed E-state index contributed by atoms with van der Waals surface area (Å²) < 4.78 is 48.0. The molecule has 0 atom stereocenters. The second kappa shape index (κ2) is 10.1. The van der Waals surface area contributed by atoms with Crippen LogP contribution < -0.4 is 14.9 Å². The number of nitrogens with zero attached hydrogens (tertiary/aromatic N) is 1. The second-order valence-electron chi connectivity index (χ2n) is 6.03. The zero-order valence-electron chi connectivity index (χ0n) is 15.6. The summed E-state index contributed by atoms with van der Waals surface area (Å²) in [5, 5.41) is 3.81. The van der Waals surface area contributed by atoms with Gasteiger partial charge in [0.05, 0.1) is 11.8 Å². The van der Waals surface area contributed by atoms with E-state index in [0.717, 1.165) is 5.56 Å². The average Bonchev–Trinajstić information content (AvgIpc) is 2.74. The van der Waals surface area contributed by atoms with E-state index in [4.69, 9.17) is 4.74 Å². The molecule has 0 spiro atoms. The van der Waals surface area contributed by atoms with Crippen molar-refractivity contribution in [3.63, 3.8) is 0 Å². The molecule has 0 saturated heterocycles. The Labute approximate surface area is 170 Å². The maximum absolute atomic E-state index is 13.0. The van der Waals surface area contributed by atoms with Gasteiger partial charge >= 0.3 is 6.61 Å². The van der Waals surface area contributed by atoms with E-state index in [1.165, 1.54) is 30.5 Å². The normalized spacial score (nSPS) is 10.9. The summed E-state index contributed by atoms with van der Waals surface area (Å²) in [7, 11) is 0. The van der Waals surface area contributed by atoms with E-state index in [-0.39, 0.29) is 29.3 Å². The van der Waals surface area contributed by atoms with E-state index in [1.807, 2.05) is 0 Å². The van der Waals surface area contributed by atoms with Gasteiger partial charge in [-0.2, -0.15) is 13.9 Å². The largest absolute Gasteiger partial charge is 0.488 e. The average molecular weight is 414 g/mol. The number of halogens is 3. The van der Waals surface area contributed by atoms with E-state index >= 15 is 0 Å². The van der Waals surface area contributed by atoms with Gasteiger partial charge in [0.2, 0.25) is 0 Å². The SMILES string of the molecule is O=C(NN=Cc1ccccc1OC(F)F)c1ccccc1OCc1ccc(F)cc1. The lowest BCUT2D eigenvalue weighted by Gasteiger charge is -2.10. The van der Waals surface area contributed by atoms with E-state index in [1.54, 1.807) is 48.5 Å². The number of para-hydroxylation sites is 2. The van der Waals surface area contributed by atoms with E-state index in [9.17, 15) is 18.0 Å². The van der Waals surface area contributed by atoms with Gasteiger partial charge in [0.25, 0.3) is 5.91 Å². The van der Waals surface area contributed by atoms with Crippen molar-refractivity contribution in [1.82, 2.24) is 5.43 Å². The van der Waals surface area contributed by atoms with E-state index < -0.39 is 12.5 Å². The summed E-state index contributed by atoms with van der Waals surface area (Å²) in [5.41, 5.74) is 3.58. The third-order valence-corrected chi connectivity index (χ3v) is 3.94. The molecule has 0 aromatic heterocycles. The third kappa shape index (κ3) is 5.84. The van der Waals surface area contributed by atoms with Crippen LogP contribution in [0, 0.1) is 5.82 Å². The number of carbonyl (C=O) groups excluding carboxylic acids is 1. The zero-order valence-corrected chi connectivity index (χ0v) is 15.6. The lowest BCUT2D eigenvalue weighted by atomic mass is 10.2. The van der Waals surface area contributed by atoms with Crippen LogP contribution in [0.1, 0.15) is 21.5 Å². The zero-order chi connectivity index (χ0) is 21.3. The van der Waals surface area contributed by atoms with Crippen LogP contribution in [0.4, 0.5) is 13.2 Å². The highest BCUT2D eigenvalue weighted by Crippen LogP contribution is 2.20. The molecule has 0 radical (unpaired) electrons. The fourth-order valence-corrected chi connectivity index (χ4v) is 2.53. The second-order valence-corrected chi connectivity index (χ2v) is 6.03. The standard InChI is InChI=1S/C22H17F3N2O3/c23-17-11-9-15(10-12-17)14-29-20-8-4-2-6-18(20)21(28)27-26-13-16-5-1-3-7-19(16)30-22(24)25/h1-13,22H,14H2,(H,27,28). The topological polar surface area (TPSA) is 59.9 Å². The smallest absolute Gasteiger partial charge is 0.387 e. The molecule has 0 aliphatic rings. The maximum Gasteiger partial charge on any atom is 0.387 e. The number of hydrogen-bond acceptors (Lipinski definition) is 4. The summed E-state index contributed by atoms with van der Waals surface area (Å²) in [6.45, 7) is -2.83. The Morgan fingerprint density at radius 2 is 1.63 bits per heavy atom. The Morgan fingerprint density at radius 3 is 2.37 bits per heavy atom. The highest BCUT2D eigenvalue weighted by molar-refractivity contribution is 5.97. The number of alkyl halides is 2. The molecule has 3 aromatic rings. The van der Waals surface area contributed by atoms with Gasteiger partial charge in [-0.1, -0.05) is 36.4 Å². The number of nitrogens with one attached hydrogen (secondary N) is 1. The highest BCUT2D eigenvalue weighted by atomic mass is 19.3. The van der Waals surface area contributed by atoms with Gasteiger partial charge in [-0.15, -0.1) is 0 Å². The Kier molecular flexibility index (Phi) is 7.05. The minimum Gasteiger partial charge on any atom is -0.488 e. The maximum atomic E-state index is 13.0. The number of benzene rings is 3. The van der Waals surface area contributed by atoms with Gasteiger partial charge in [0.1, 0.15) is 23.9 Å². The molecule has 0 heterocycles. The van der Waals surface area contributed by atoms with E-state index in [2.05, 4.69) is 15.3 Å². The number of hydrazone groups is 1. The van der Waals surface area contributed by atoms with E-state index in [0.29, 0.717) is 5.75 Å². The minimum absolute atomic E-state index is 0.0615. The van der Waals surface area contributed by atoms with Crippen LogP contribution in [0.5, 0.6) is 11.5 Å². The molecule has 30 heavy (non-hydrogen) atoms. The van der Waals surface area contributed by atoms with Crippen LogP contribution in [0.15, 0.2) is 77.9 Å². The molecular formula is C22H17F3N2O3. The molecule has 0 unspecified atom stereocenters. The Hall–Kier alpha value is -3.81. The summed E-state index contributed by atoms with van der Waals surface area (Å²) in [6.07, 6.45) is 1.21. The summed E-state index contributed by atoms with van der Waals surface area (Å²) >= 11 is 0. The van der Waals surface area contributed by atoms with Gasteiger partial charge in [-0.05, 0) is 42.0 Å². The van der Waals surface area contributed by atoms with Crippen molar-refractivity contribution in [2.45, 2.75) is 13.2 Å². The predicted molar refractivity (Wildman–Crippen MR) is 105 cm³/mol. The fraction of sp³-hybridized carbons (Fsp3) is 0.0909. The van der Waals surface area contributed by atoms with Gasteiger partial charge in [0, 0.05) is 5.56 Å². The van der Waals surface area contributed by atoms with Gasteiger partial charge in [-0.3, -0.25) is 4.79 Å². The molecular weight excluding hydrogens is 397 g/mol. The van der Waals surface area contributed by atoms with Crippen molar-refractivity contribution in [2.24, 2.45) is 5.10 Å². The third-order valence-electron chi connectivity index (χ3n) is 3.94.